The number of pyridine rings is 1. The van der Waals surface area contributed by atoms with Gasteiger partial charge in [0, 0.05) is 17.3 Å². The van der Waals surface area contributed by atoms with Crippen molar-refractivity contribution in [2.75, 3.05) is 7.11 Å². The highest BCUT2D eigenvalue weighted by atomic mass is 19.4. The second-order valence-corrected chi connectivity index (χ2v) is 14.3. The SMILES string of the molecule is COc1ncc(-c2ccc(C(=O)OC(C)(C)C)cc2C)cc1-c1ccc(C(F)(F)F)cc1[C@@H]1CC[C@H]2[C@@H](c3cc(C(F)(F)F)cc(C(F)(F)F)c3)OC(=O)N12. The Morgan fingerprint density at radius 3 is 1.96 bits per heavy atom. The molecule has 0 bridgehead atoms. The topological polar surface area (TPSA) is 78.0 Å². The molecule has 0 N–H and O–H groups in total. The van der Waals surface area contributed by atoms with Crippen molar-refractivity contribution in [3.63, 3.8) is 0 Å². The van der Waals surface area contributed by atoms with Gasteiger partial charge in [0.1, 0.15) is 11.7 Å². The summed E-state index contributed by atoms with van der Waals surface area (Å²) >= 11 is 0. The first kappa shape index (κ1) is 39.4. The van der Waals surface area contributed by atoms with Crippen molar-refractivity contribution in [2.24, 2.45) is 0 Å². The molecule has 55 heavy (non-hydrogen) atoms. The van der Waals surface area contributed by atoms with Gasteiger partial charge in [-0.3, -0.25) is 4.90 Å². The number of benzene rings is 3. The van der Waals surface area contributed by atoms with Gasteiger partial charge in [0.05, 0.1) is 41.4 Å². The van der Waals surface area contributed by atoms with Gasteiger partial charge in [0.25, 0.3) is 0 Å². The highest BCUT2D eigenvalue weighted by molar-refractivity contribution is 5.91. The van der Waals surface area contributed by atoms with Gasteiger partial charge < -0.3 is 14.2 Å². The number of cyclic esters (lactones) is 1. The van der Waals surface area contributed by atoms with E-state index in [0.717, 1.165) is 17.0 Å². The molecule has 3 aromatic carbocycles. The number of fused-ring (bicyclic) bond motifs is 1. The van der Waals surface area contributed by atoms with Crippen molar-refractivity contribution < 1.29 is 63.3 Å². The number of aryl methyl sites for hydroxylation is 1. The maximum atomic E-state index is 14.2. The molecule has 0 aliphatic carbocycles. The maximum absolute atomic E-state index is 14.2. The van der Waals surface area contributed by atoms with E-state index in [0.29, 0.717) is 28.8 Å². The second kappa shape index (κ2) is 13.8. The van der Waals surface area contributed by atoms with Crippen LogP contribution in [0.15, 0.2) is 66.9 Å². The summed E-state index contributed by atoms with van der Waals surface area (Å²) < 4.78 is 141. The van der Waals surface area contributed by atoms with Gasteiger partial charge in [-0.25, -0.2) is 14.6 Å². The van der Waals surface area contributed by atoms with Crippen LogP contribution >= 0.6 is 0 Å². The molecule has 2 aliphatic rings. The lowest BCUT2D eigenvalue weighted by Crippen LogP contribution is -2.31. The summed E-state index contributed by atoms with van der Waals surface area (Å²) in [5.41, 5.74) is -3.16. The quantitative estimate of drug-likeness (QED) is 0.143. The van der Waals surface area contributed by atoms with Gasteiger partial charge >= 0.3 is 30.6 Å². The molecule has 0 radical (unpaired) electrons. The number of carbonyl (C=O) groups excluding carboxylic acids is 2. The zero-order valence-corrected chi connectivity index (χ0v) is 29.8. The number of methoxy groups -OCH3 is 1. The number of aromatic nitrogens is 1. The smallest absolute Gasteiger partial charge is 0.416 e. The fraction of sp³-hybridized carbons (Fsp3) is 0.359. The minimum Gasteiger partial charge on any atom is -0.481 e. The highest BCUT2D eigenvalue weighted by Gasteiger charge is 2.52. The van der Waals surface area contributed by atoms with Crippen molar-refractivity contribution in [2.45, 2.75) is 82.9 Å². The molecule has 7 nitrogen and oxygen atoms in total. The van der Waals surface area contributed by atoms with E-state index >= 15 is 0 Å². The van der Waals surface area contributed by atoms with Crippen LogP contribution in [0, 0.1) is 6.92 Å². The first-order chi connectivity index (χ1) is 25.5. The standard InChI is InChI=1S/C39H33F9N2O5/c1-19-12-20(34(51)55-36(2,3)4)6-8-26(19)22-15-29(33(53-5)49-18-22)27-9-7-23(37(40,41)42)17-28(27)30-10-11-31-32(54-35(52)50(30)31)21-13-24(38(43,44)45)16-25(14-21)39(46,47)48/h6-9,12-18,30-32H,10-11H2,1-5H3/t30-,31-,32+/m0/s1. The van der Waals surface area contributed by atoms with Crippen LogP contribution in [-0.2, 0) is 28.0 Å². The molecule has 16 heteroatoms. The fourth-order valence-corrected chi connectivity index (χ4v) is 7.05. The summed E-state index contributed by atoms with van der Waals surface area (Å²) in [5, 5.41) is 0. The van der Waals surface area contributed by atoms with Crippen molar-refractivity contribution in [1.29, 1.82) is 0 Å². The molecule has 2 saturated heterocycles. The summed E-state index contributed by atoms with van der Waals surface area (Å²) in [5.74, 6) is -0.538. The van der Waals surface area contributed by atoms with Crippen LogP contribution in [0.3, 0.4) is 0 Å². The van der Waals surface area contributed by atoms with E-state index in [1.807, 2.05) is 0 Å². The molecule has 292 valence electrons. The van der Waals surface area contributed by atoms with Crippen molar-refractivity contribution in [3.8, 4) is 28.1 Å². The van der Waals surface area contributed by atoms with Crippen molar-refractivity contribution in [3.05, 3.63) is 106 Å². The maximum Gasteiger partial charge on any atom is 0.416 e. The Hall–Kier alpha value is -5.28. The third-order valence-corrected chi connectivity index (χ3v) is 9.40. The van der Waals surface area contributed by atoms with Crippen LogP contribution in [-0.4, -0.2) is 40.7 Å². The van der Waals surface area contributed by atoms with Gasteiger partial charge in [0.15, 0.2) is 0 Å². The van der Waals surface area contributed by atoms with E-state index < -0.39 is 76.6 Å². The number of nitrogens with zero attached hydrogens (tertiary/aromatic N) is 2. The Balaban J connectivity index is 1.43. The summed E-state index contributed by atoms with van der Waals surface area (Å²) in [6.07, 6.45) is -16.4. The fourth-order valence-electron chi connectivity index (χ4n) is 7.05. The number of halogens is 9. The largest absolute Gasteiger partial charge is 0.481 e. The summed E-state index contributed by atoms with van der Waals surface area (Å²) in [4.78, 5) is 31.6. The lowest BCUT2D eigenvalue weighted by Gasteiger charge is -2.26. The molecule has 3 heterocycles. The minimum atomic E-state index is -5.16. The molecule has 6 rings (SSSR count). The Morgan fingerprint density at radius 1 is 0.782 bits per heavy atom. The van der Waals surface area contributed by atoms with E-state index in [9.17, 15) is 49.1 Å². The molecule has 3 atom stereocenters. The van der Waals surface area contributed by atoms with Gasteiger partial charge in [-0.1, -0.05) is 12.1 Å². The number of ether oxygens (including phenoxy) is 3. The zero-order chi connectivity index (χ0) is 40.4. The van der Waals surface area contributed by atoms with Crippen LogP contribution < -0.4 is 4.74 Å². The molecule has 0 saturated carbocycles. The first-order valence-corrected chi connectivity index (χ1v) is 16.8. The Labute approximate surface area is 309 Å². The predicted molar refractivity (Wildman–Crippen MR) is 180 cm³/mol. The molecule has 1 amide bonds. The van der Waals surface area contributed by atoms with E-state index in [4.69, 9.17) is 14.2 Å². The monoisotopic (exact) mass is 780 g/mol. The summed E-state index contributed by atoms with van der Waals surface area (Å²) in [6, 6.07) is 7.98. The van der Waals surface area contributed by atoms with Crippen molar-refractivity contribution in [1.82, 2.24) is 9.88 Å². The van der Waals surface area contributed by atoms with Crippen LogP contribution in [0.2, 0.25) is 0 Å². The Kier molecular flexibility index (Phi) is 9.88. The lowest BCUT2D eigenvalue weighted by molar-refractivity contribution is -0.143. The summed E-state index contributed by atoms with van der Waals surface area (Å²) in [6.45, 7) is 6.93. The third kappa shape index (κ3) is 7.94. The van der Waals surface area contributed by atoms with Gasteiger partial charge in [0.2, 0.25) is 5.88 Å². The average Bonchev–Trinajstić information content (AvgIpc) is 3.66. The summed E-state index contributed by atoms with van der Waals surface area (Å²) in [7, 11) is 1.30. The van der Waals surface area contributed by atoms with Gasteiger partial charge in [-0.05, 0) is 117 Å². The van der Waals surface area contributed by atoms with Gasteiger partial charge in [-0.2, -0.15) is 39.5 Å². The molecule has 2 fully saturated rings. The molecule has 4 aromatic rings. The minimum absolute atomic E-state index is 0.00363. The highest BCUT2D eigenvalue weighted by Crippen LogP contribution is 2.51. The molecule has 1 aromatic heterocycles. The molecule has 0 spiro atoms. The van der Waals surface area contributed by atoms with E-state index in [2.05, 4.69) is 4.98 Å². The number of amides is 1. The molecular formula is C39H33F9N2O5. The Morgan fingerprint density at radius 2 is 1.40 bits per heavy atom. The second-order valence-electron chi connectivity index (χ2n) is 14.3. The Bertz CT molecular complexity index is 2120. The normalized spacial score (nSPS) is 19.0. The molecule has 2 aliphatic heterocycles. The van der Waals surface area contributed by atoms with Gasteiger partial charge in [-0.15, -0.1) is 0 Å². The third-order valence-electron chi connectivity index (χ3n) is 9.40. The number of esters is 1. The zero-order valence-electron chi connectivity index (χ0n) is 29.8. The molecular weight excluding hydrogens is 747 g/mol. The molecule has 0 unspecified atom stereocenters. The average molecular weight is 781 g/mol. The number of alkyl halides is 9. The number of hydrogen-bond donors (Lipinski definition) is 0. The van der Waals surface area contributed by atoms with Crippen LogP contribution in [0.4, 0.5) is 44.3 Å². The number of rotatable bonds is 6. The first-order valence-electron chi connectivity index (χ1n) is 16.8. The number of carbonyl (C=O) groups is 2. The lowest BCUT2D eigenvalue weighted by atomic mass is 9.90. The predicted octanol–water partition coefficient (Wildman–Crippen LogP) is 11.1. The number of hydrogen-bond acceptors (Lipinski definition) is 6. The van der Waals surface area contributed by atoms with E-state index in [1.165, 1.54) is 19.4 Å². The van der Waals surface area contributed by atoms with E-state index in [1.54, 1.807) is 52.0 Å². The van der Waals surface area contributed by atoms with Crippen molar-refractivity contribution >= 4 is 12.1 Å². The van der Waals surface area contributed by atoms with Crippen LogP contribution in [0.5, 0.6) is 5.88 Å². The van der Waals surface area contributed by atoms with Crippen LogP contribution in [0.1, 0.15) is 89.5 Å². The van der Waals surface area contributed by atoms with E-state index in [-0.39, 0.29) is 47.0 Å². The van der Waals surface area contributed by atoms with Crippen LogP contribution in [0.25, 0.3) is 22.3 Å².